The van der Waals surface area contributed by atoms with Crippen molar-refractivity contribution in [1.82, 2.24) is 4.90 Å². The van der Waals surface area contributed by atoms with Crippen LogP contribution in [0.2, 0.25) is 0 Å². The van der Waals surface area contributed by atoms with E-state index in [9.17, 15) is 23.9 Å². The van der Waals surface area contributed by atoms with Gasteiger partial charge in [0.15, 0.2) is 0 Å². The lowest BCUT2D eigenvalue weighted by atomic mass is 9.99. The number of hydrogen-bond acceptors (Lipinski definition) is 3. The molecule has 0 unspecified atom stereocenters. The van der Waals surface area contributed by atoms with Gasteiger partial charge in [-0.25, -0.2) is 14.0 Å². The second-order valence-electron chi connectivity index (χ2n) is 9.58. The van der Waals surface area contributed by atoms with E-state index < -0.39 is 17.8 Å². The number of carbonyl (C=O) groups is 3. The zero-order chi connectivity index (χ0) is 26.7. The molecule has 1 heterocycles. The summed E-state index contributed by atoms with van der Waals surface area (Å²) in [6.07, 6.45) is 1.28. The standard InChI is InChI=1S/C29H30FN3O4/c1-17(2)19-6-10-22(11-7-19)32-29(37)33-14-4-5-26(33)27(34)31-21-12-8-20(9-13-21)24-15-18(3)23(28(35)36)16-25(24)30/h6-13,15-17,26H,4-5,14H2,1-3H3,(H,31,34)(H,32,37)(H,35,36)/t26-/m1/s1. The molecule has 7 nitrogen and oxygen atoms in total. The molecule has 0 radical (unpaired) electrons. The average Bonchev–Trinajstić information content (AvgIpc) is 3.36. The van der Waals surface area contributed by atoms with Crippen LogP contribution < -0.4 is 10.6 Å². The monoisotopic (exact) mass is 503 g/mol. The highest BCUT2D eigenvalue weighted by atomic mass is 19.1. The first-order valence-corrected chi connectivity index (χ1v) is 12.3. The van der Waals surface area contributed by atoms with E-state index >= 15 is 0 Å². The fourth-order valence-electron chi connectivity index (χ4n) is 4.52. The van der Waals surface area contributed by atoms with Crippen LogP contribution in [-0.4, -0.2) is 40.5 Å². The lowest BCUT2D eigenvalue weighted by Gasteiger charge is -2.24. The van der Waals surface area contributed by atoms with Gasteiger partial charge in [0, 0.05) is 23.5 Å². The van der Waals surface area contributed by atoms with E-state index in [1.165, 1.54) is 11.6 Å². The molecule has 0 spiro atoms. The zero-order valence-electron chi connectivity index (χ0n) is 21.0. The highest BCUT2D eigenvalue weighted by Crippen LogP contribution is 2.28. The predicted octanol–water partition coefficient (Wildman–Crippen LogP) is 6.26. The zero-order valence-corrected chi connectivity index (χ0v) is 21.0. The lowest BCUT2D eigenvalue weighted by molar-refractivity contribution is -0.119. The number of carboxylic acid groups (broad SMARTS) is 1. The Morgan fingerprint density at radius 3 is 2.22 bits per heavy atom. The van der Waals surface area contributed by atoms with Crippen LogP contribution in [0.5, 0.6) is 0 Å². The van der Waals surface area contributed by atoms with Crippen molar-refractivity contribution < 1.29 is 23.9 Å². The summed E-state index contributed by atoms with van der Waals surface area (Å²) in [4.78, 5) is 38.7. The van der Waals surface area contributed by atoms with Gasteiger partial charge in [-0.2, -0.15) is 0 Å². The van der Waals surface area contributed by atoms with Gasteiger partial charge in [0.05, 0.1) is 5.56 Å². The van der Waals surface area contributed by atoms with Gasteiger partial charge < -0.3 is 20.6 Å². The predicted molar refractivity (Wildman–Crippen MR) is 141 cm³/mol. The van der Waals surface area contributed by atoms with Crippen LogP contribution in [0.3, 0.4) is 0 Å². The van der Waals surface area contributed by atoms with E-state index in [1.54, 1.807) is 36.1 Å². The van der Waals surface area contributed by atoms with Gasteiger partial charge in [0.25, 0.3) is 0 Å². The van der Waals surface area contributed by atoms with Crippen molar-refractivity contribution in [2.75, 3.05) is 17.2 Å². The number of carbonyl (C=O) groups excluding carboxylic acids is 2. The number of benzene rings is 3. The van der Waals surface area contributed by atoms with Crippen LogP contribution in [-0.2, 0) is 4.79 Å². The van der Waals surface area contributed by atoms with Gasteiger partial charge in [-0.1, -0.05) is 38.1 Å². The maximum atomic E-state index is 14.5. The average molecular weight is 504 g/mol. The molecule has 3 aromatic rings. The first kappa shape index (κ1) is 25.9. The minimum atomic E-state index is -1.18. The minimum Gasteiger partial charge on any atom is -0.478 e. The molecule has 8 heteroatoms. The first-order chi connectivity index (χ1) is 17.6. The number of halogens is 1. The highest BCUT2D eigenvalue weighted by molar-refractivity contribution is 5.99. The Kier molecular flexibility index (Phi) is 7.57. The Labute approximate surface area is 215 Å². The van der Waals surface area contributed by atoms with Crippen molar-refractivity contribution in [3.05, 3.63) is 83.2 Å². The third kappa shape index (κ3) is 5.80. The van der Waals surface area contributed by atoms with Gasteiger partial charge in [-0.15, -0.1) is 0 Å². The second kappa shape index (κ2) is 10.8. The Morgan fingerprint density at radius 2 is 1.59 bits per heavy atom. The first-order valence-electron chi connectivity index (χ1n) is 12.3. The molecule has 3 aromatic carbocycles. The third-order valence-electron chi connectivity index (χ3n) is 6.65. The van der Waals surface area contributed by atoms with E-state index in [2.05, 4.69) is 24.5 Å². The summed E-state index contributed by atoms with van der Waals surface area (Å²) >= 11 is 0. The normalized spacial score (nSPS) is 15.1. The van der Waals surface area contributed by atoms with Crippen LogP contribution in [0, 0.1) is 12.7 Å². The summed E-state index contributed by atoms with van der Waals surface area (Å²) in [5, 5.41) is 14.9. The summed E-state index contributed by atoms with van der Waals surface area (Å²) < 4.78 is 14.5. The molecular formula is C29H30FN3O4. The van der Waals surface area contributed by atoms with Crippen LogP contribution in [0.1, 0.15) is 54.1 Å². The number of nitrogens with one attached hydrogen (secondary N) is 2. The van der Waals surface area contributed by atoms with Gasteiger partial charge in [0.2, 0.25) is 5.91 Å². The van der Waals surface area contributed by atoms with Crippen molar-refractivity contribution in [2.45, 2.75) is 45.6 Å². The van der Waals surface area contributed by atoms with E-state index in [-0.39, 0.29) is 23.1 Å². The van der Waals surface area contributed by atoms with Gasteiger partial charge >= 0.3 is 12.0 Å². The number of amides is 3. The van der Waals surface area contributed by atoms with Crippen LogP contribution in [0.25, 0.3) is 11.1 Å². The number of nitrogens with zero attached hydrogens (tertiary/aromatic N) is 1. The van der Waals surface area contributed by atoms with Crippen molar-refractivity contribution >= 4 is 29.3 Å². The van der Waals surface area contributed by atoms with E-state index in [0.717, 1.165) is 12.5 Å². The molecule has 0 aliphatic carbocycles. The molecule has 0 aromatic heterocycles. The topological polar surface area (TPSA) is 98.7 Å². The smallest absolute Gasteiger partial charge is 0.336 e. The molecule has 192 valence electrons. The van der Waals surface area contributed by atoms with Gasteiger partial charge in [0.1, 0.15) is 11.9 Å². The van der Waals surface area contributed by atoms with E-state index in [4.69, 9.17) is 0 Å². The third-order valence-corrected chi connectivity index (χ3v) is 6.65. The van der Waals surface area contributed by atoms with Crippen LogP contribution >= 0.6 is 0 Å². The number of urea groups is 1. The Morgan fingerprint density at radius 1 is 0.973 bits per heavy atom. The molecular weight excluding hydrogens is 473 g/mol. The van der Waals surface area contributed by atoms with Crippen LogP contribution in [0.4, 0.5) is 20.6 Å². The number of carboxylic acids is 1. The Bertz CT molecular complexity index is 1320. The fraction of sp³-hybridized carbons (Fsp3) is 0.276. The molecule has 3 N–H and O–H groups in total. The molecule has 1 saturated heterocycles. The molecule has 37 heavy (non-hydrogen) atoms. The van der Waals surface area contributed by atoms with Gasteiger partial charge in [-0.05, 0) is 78.8 Å². The molecule has 1 fully saturated rings. The number of hydrogen-bond donors (Lipinski definition) is 3. The Balaban J connectivity index is 1.41. The maximum absolute atomic E-state index is 14.5. The summed E-state index contributed by atoms with van der Waals surface area (Å²) in [6.45, 7) is 6.31. The molecule has 1 atom stereocenters. The molecule has 1 aliphatic heterocycles. The quantitative estimate of drug-likeness (QED) is 0.370. The minimum absolute atomic E-state index is 0.0807. The molecule has 3 amide bonds. The van der Waals surface area contributed by atoms with Crippen LogP contribution in [0.15, 0.2) is 60.7 Å². The molecule has 0 bridgehead atoms. The highest BCUT2D eigenvalue weighted by Gasteiger charge is 2.34. The summed E-state index contributed by atoms with van der Waals surface area (Å²) in [5.41, 5.74) is 3.58. The van der Waals surface area contributed by atoms with E-state index in [0.29, 0.717) is 41.4 Å². The second-order valence-corrected chi connectivity index (χ2v) is 9.58. The fourth-order valence-corrected chi connectivity index (χ4v) is 4.52. The lowest BCUT2D eigenvalue weighted by Crippen LogP contribution is -2.45. The van der Waals surface area contributed by atoms with Crippen molar-refractivity contribution in [1.29, 1.82) is 0 Å². The summed E-state index contributed by atoms with van der Waals surface area (Å²) in [6, 6.07) is 15.9. The van der Waals surface area contributed by atoms with Crippen molar-refractivity contribution in [2.24, 2.45) is 0 Å². The number of aryl methyl sites for hydroxylation is 1. The molecule has 4 rings (SSSR count). The largest absolute Gasteiger partial charge is 0.478 e. The number of aromatic carboxylic acids is 1. The SMILES string of the molecule is Cc1cc(-c2ccc(NC(=O)[C@H]3CCCN3C(=O)Nc3ccc(C(C)C)cc3)cc2)c(F)cc1C(=O)O. The van der Waals surface area contributed by atoms with E-state index in [1.807, 2.05) is 24.3 Å². The Hall–Kier alpha value is -4.20. The molecule has 1 aliphatic rings. The van der Waals surface area contributed by atoms with Crippen molar-refractivity contribution in [3.63, 3.8) is 0 Å². The summed E-state index contributed by atoms with van der Waals surface area (Å²) in [7, 11) is 0. The van der Waals surface area contributed by atoms with Gasteiger partial charge in [-0.3, -0.25) is 4.79 Å². The summed E-state index contributed by atoms with van der Waals surface area (Å²) in [5.74, 6) is -1.71. The maximum Gasteiger partial charge on any atom is 0.336 e. The number of likely N-dealkylation sites (tertiary alicyclic amines) is 1. The number of anilines is 2. The van der Waals surface area contributed by atoms with Crippen molar-refractivity contribution in [3.8, 4) is 11.1 Å². The number of rotatable bonds is 6. The molecule has 0 saturated carbocycles.